The van der Waals surface area contributed by atoms with Gasteiger partial charge in [-0.3, -0.25) is 14.4 Å². The fourth-order valence-corrected chi connectivity index (χ4v) is 3.62. The minimum Gasteiger partial charge on any atom is -0.507 e. The van der Waals surface area contributed by atoms with Crippen molar-refractivity contribution in [1.29, 1.82) is 0 Å². The summed E-state index contributed by atoms with van der Waals surface area (Å²) in [6, 6.07) is 9.65. The lowest BCUT2D eigenvalue weighted by atomic mass is 9.94. The fourth-order valence-electron chi connectivity index (χ4n) is 3.62. The van der Waals surface area contributed by atoms with Crippen molar-refractivity contribution in [1.82, 2.24) is 4.90 Å². The van der Waals surface area contributed by atoms with Crippen LogP contribution in [0.1, 0.15) is 49.4 Å². The Hall–Kier alpha value is -3.48. The highest BCUT2D eigenvalue weighted by Crippen LogP contribution is 2.40. The molecule has 0 aromatic heterocycles. The van der Waals surface area contributed by atoms with Gasteiger partial charge in [0.2, 0.25) is 0 Å². The number of esters is 1. The summed E-state index contributed by atoms with van der Waals surface area (Å²) in [5.41, 5.74) is 1.11. The number of ketones is 1. The van der Waals surface area contributed by atoms with Crippen molar-refractivity contribution in [2.24, 2.45) is 0 Å². The van der Waals surface area contributed by atoms with E-state index in [2.05, 4.69) is 0 Å². The third-order valence-corrected chi connectivity index (χ3v) is 5.18. The monoisotopic (exact) mass is 425 g/mol. The maximum Gasteiger partial charge on any atom is 0.308 e. The number of Topliss-reactive ketones (excluding diaryl/α,β-unsaturated/α-hetero) is 1. The molecule has 1 saturated heterocycles. The van der Waals surface area contributed by atoms with Crippen molar-refractivity contribution < 1.29 is 28.6 Å². The third-order valence-electron chi connectivity index (χ3n) is 5.18. The number of nitrogens with zero attached hydrogens (tertiary/aromatic N) is 1. The van der Waals surface area contributed by atoms with E-state index in [1.165, 1.54) is 30.0 Å². The molecule has 1 amide bonds. The quantitative estimate of drug-likeness (QED) is 0.246. The summed E-state index contributed by atoms with van der Waals surface area (Å²) >= 11 is 0. The molecule has 2 aromatic carbocycles. The highest BCUT2D eigenvalue weighted by molar-refractivity contribution is 6.46. The zero-order valence-electron chi connectivity index (χ0n) is 17.6. The molecule has 0 bridgehead atoms. The summed E-state index contributed by atoms with van der Waals surface area (Å²) in [4.78, 5) is 38.3. The second-order valence-electron chi connectivity index (χ2n) is 7.47. The van der Waals surface area contributed by atoms with E-state index in [0.717, 1.165) is 6.42 Å². The van der Waals surface area contributed by atoms with Crippen LogP contribution in [-0.2, 0) is 14.4 Å². The Kier molecular flexibility index (Phi) is 6.53. The number of aryl methyl sites for hydroxylation is 1. The van der Waals surface area contributed by atoms with Crippen molar-refractivity contribution >= 4 is 23.4 Å². The zero-order chi connectivity index (χ0) is 22.7. The minimum atomic E-state index is -0.803. The number of aliphatic hydroxyl groups is 1. The van der Waals surface area contributed by atoms with E-state index in [4.69, 9.17) is 4.74 Å². The van der Waals surface area contributed by atoms with E-state index in [1.807, 2.05) is 6.92 Å². The zero-order valence-corrected chi connectivity index (χ0v) is 17.6. The molecule has 1 unspecified atom stereocenters. The first-order valence-electron chi connectivity index (χ1n) is 10.1. The fraction of sp³-hybridized carbons (Fsp3) is 0.292. The highest BCUT2D eigenvalue weighted by Gasteiger charge is 2.45. The van der Waals surface area contributed by atoms with Crippen LogP contribution in [0.15, 0.2) is 48.0 Å². The number of amides is 1. The average molecular weight is 425 g/mol. The molecule has 6 nitrogen and oxygen atoms in total. The molecule has 1 atom stereocenters. The molecule has 1 N–H and O–H groups in total. The number of rotatable bonds is 6. The predicted octanol–water partition coefficient (Wildman–Crippen LogP) is 4.28. The number of carbonyl (C=O) groups is 3. The molecule has 3 rings (SSSR count). The van der Waals surface area contributed by atoms with Gasteiger partial charge in [0.1, 0.15) is 17.3 Å². The van der Waals surface area contributed by atoms with Crippen molar-refractivity contribution in [2.45, 2.75) is 39.7 Å². The minimum absolute atomic E-state index is 0.0488. The summed E-state index contributed by atoms with van der Waals surface area (Å²) in [7, 11) is 0. The van der Waals surface area contributed by atoms with Crippen LogP contribution < -0.4 is 4.74 Å². The summed E-state index contributed by atoms with van der Waals surface area (Å²) in [5, 5.41) is 11.0. The van der Waals surface area contributed by atoms with E-state index in [9.17, 15) is 23.9 Å². The molecule has 0 radical (unpaired) electrons. The van der Waals surface area contributed by atoms with Gasteiger partial charge in [-0.25, -0.2) is 4.39 Å². The summed E-state index contributed by atoms with van der Waals surface area (Å²) in [6.07, 6.45) is 1.50. The maximum absolute atomic E-state index is 13.7. The van der Waals surface area contributed by atoms with Crippen LogP contribution in [0.3, 0.4) is 0 Å². The molecule has 2 aromatic rings. The molecule has 1 heterocycles. The Morgan fingerprint density at radius 3 is 2.42 bits per heavy atom. The first-order valence-corrected chi connectivity index (χ1v) is 10.1. The van der Waals surface area contributed by atoms with Crippen LogP contribution in [0.5, 0.6) is 5.75 Å². The van der Waals surface area contributed by atoms with E-state index in [0.29, 0.717) is 29.8 Å². The maximum atomic E-state index is 13.7. The first kappa shape index (κ1) is 22.2. The average Bonchev–Trinajstić information content (AvgIpc) is 2.98. The predicted molar refractivity (Wildman–Crippen MR) is 113 cm³/mol. The van der Waals surface area contributed by atoms with E-state index in [-0.39, 0.29) is 16.9 Å². The van der Waals surface area contributed by atoms with Gasteiger partial charge in [0.15, 0.2) is 0 Å². The number of aliphatic hydroxyl groups excluding tert-OH is 1. The number of hydrogen-bond acceptors (Lipinski definition) is 5. The molecular formula is C24H24FNO5. The molecule has 0 aliphatic carbocycles. The topological polar surface area (TPSA) is 83.9 Å². The Labute approximate surface area is 179 Å². The molecule has 1 aliphatic heterocycles. The number of halogens is 1. The Balaban J connectivity index is 2.12. The van der Waals surface area contributed by atoms with Gasteiger partial charge in [-0.15, -0.1) is 0 Å². The van der Waals surface area contributed by atoms with E-state index >= 15 is 0 Å². The largest absolute Gasteiger partial charge is 0.507 e. The Bertz CT molecular complexity index is 1060. The van der Waals surface area contributed by atoms with E-state index in [1.54, 1.807) is 31.2 Å². The normalized spacial score (nSPS) is 17.8. The Morgan fingerprint density at radius 2 is 1.84 bits per heavy atom. The number of carbonyl (C=O) groups excluding carboxylic acids is 3. The number of hydrogen-bond donors (Lipinski definition) is 1. The number of unbranched alkanes of at least 4 members (excludes halogenated alkanes) is 1. The van der Waals surface area contributed by atoms with Crippen LogP contribution in [0.2, 0.25) is 0 Å². The molecule has 7 heteroatoms. The number of likely N-dealkylation sites (tertiary alicyclic amines) is 1. The lowest BCUT2D eigenvalue weighted by Gasteiger charge is -2.25. The van der Waals surface area contributed by atoms with Crippen LogP contribution in [0, 0.1) is 12.7 Å². The smallest absolute Gasteiger partial charge is 0.308 e. The molecule has 0 spiro atoms. The second kappa shape index (κ2) is 9.12. The van der Waals surface area contributed by atoms with Gasteiger partial charge < -0.3 is 14.7 Å². The summed E-state index contributed by atoms with van der Waals surface area (Å²) in [6.45, 7) is 5.16. The SMILES string of the molecule is CCCCN1C(=O)C(=O)/C(=C(\O)c2ccc(F)c(C)c2)C1c1ccc(OC(C)=O)cc1. The lowest BCUT2D eigenvalue weighted by molar-refractivity contribution is -0.139. The van der Waals surface area contributed by atoms with Crippen molar-refractivity contribution in [3.63, 3.8) is 0 Å². The van der Waals surface area contributed by atoms with Gasteiger partial charge >= 0.3 is 5.97 Å². The van der Waals surface area contributed by atoms with Crippen molar-refractivity contribution in [3.8, 4) is 5.75 Å². The standard InChI is InChI=1S/C24H24FNO5/c1-4-5-12-26-21(16-6-9-18(10-7-16)31-15(3)27)20(23(29)24(26)30)22(28)17-8-11-19(25)14(2)13-17/h6-11,13,21,28H,4-5,12H2,1-3H3/b22-20-. The second-order valence-corrected chi connectivity index (χ2v) is 7.47. The Morgan fingerprint density at radius 1 is 1.16 bits per heavy atom. The third kappa shape index (κ3) is 4.50. The molecule has 31 heavy (non-hydrogen) atoms. The number of ether oxygens (including phenoxy) is 1. The lowest BCUT2D eigenvalue weighted by Crippen LogP contribution is -2.30. The van der Waals surface area contributed by atoms with Gasteiger partial charge in [-0.2, -0.15) is 0 Å². The summed E-state index contributed by atoms with van der Waals surface area (Å²) in [5.74, 6) is -2.40. The van der Waals surface area contributed by atoms with Crippen molar-refractivity contribution in [2.75, 3.05) is 6.54 Å². The molecular weight excluding hydrogens is 401 g/mol. The van der Waals surface area contributed by atoms with Crippen LogP contribution in [0.4, 0.5) is 4.39 Å². The van der Waals surface area contributed by atoms with Crippen LogP contribution in [-0.4, -0.2) is 34.2 Å². The first-order chi connectivity index (χ1) is 14.7. The molecule has 0 saturated carbocycles. The van der Waals surface area contributed by atoms with Crippen molar-refractivity contribution in [3.05, 3.63) is 70.5 Å². The number of benzene rings is 2. The van der Waals surface area contributed by atoms with Gasteiger partial charge in [-0.1, -0.05) is 25.5 Å². The van der Waals surface area contributed by atoms with Gasteiger partial charge in [0, 0.05) is 19.0 Å². The van der Waals surface area contributed by atoms with Gasteiger partial charge in [0.05, 0.1) is 11.6 Å². The van der Waals surface area contributed by atoms with Gasteiger partial charge in [-0.05, 0) is 54.8 Å². The molecule has 1 aliphatic rings. The van der Waals surface area contributed by atoms with Gasteiger partial charge in [0.25, 0.3) is 11.7 Å². The highest BCUT2D eigenvalue weighted by atomic mass is 19.1. The van der Waals surface area contributed by atoms with Crippen LogP contribution in [0.25, 0.3) is 5.76 Å². The summed E-state index contributed by atoms with van der Waals surface area (Å²) < 4.78 is 18.7. The van der Waals surface area contributed by atoms with E-state index < -0.39 is 29.5 Å². The molecule has 1 fully saturated rings. The van der Waals surface area contributed by atoms with Crippen LogP contribution >= 0.6 is 0 Å². The molecule has 162 valence electrons.